The lowest BCUT2D eigenvalue weighted by Crippen LogP contribution is -2.25. The smallest absolute Gasteiger partial charge is 0.311 e. The third-order valence-corrected chi connectivity index (χ3v) is 4.75. The molecule has 2 aromatic rings. The molecule has 3 rings (SSSR count). The molecule has 1 atom stereocenters. The van der Waals surface area contributed by atoms with Crippen LogP contribution in [0, 0.1) is 5.92 Å². The van der Waals surface area contributed by atoms with Crippen molar-refractivity contribution in [2.24, 2.45) is 5.92 Å². The van der Waals surface area contributed by atoms with Gasteiger partial charge in [0.25, 0.3) is 0 Å². The van der Waals surface area contributed by atoms with Gasteiger partial charge < -0.3 is 14.6 Å². The van der Waals surface area contributed by atoms with E-state index >= 15 is 0 Å². The Balaban J connectivity index is 1.91. The zero-order valence-corrected chi connectivity index (χ0v) is 12.9. The Morgan fingerprint density at radius 3 is 2.90 bits per heavy atom. The summed E-state index contributed by atoms with van der Waals surface area (Å²) in [4.78, 5) is 16.0. The second kappa shape index (κ2) is 5.79. The molecule has 5 nitrogen and oxygen atoms in total. The monoisotopic (exact) mass is 327 g/mol. The van der Waals surface area contributed by atoms with E-state index in [1.807, 2.05) is 0 Å². The molecule has 0 saturated heterocycles. The van der Waals surface area contributed by atoms with Crippen LogP contribution in [-0.4, -0.2) is 23.2 Å². The minimum absolute atomic E-state index is 0.0974. The first-order valence-electron chi connectivity index (χ1n) is 6.61. The minimum atomic E-state index is -1.37. The van der Waals surface area contributed by atoms with Gasteiger partial charge in [0.2, 0.25) is 6.29 Å². The summed E-state index contributed by atoms with van der Waals surface area (Å²) in [6.45, 7) is 0. The number of rotatable bonds is 4. The lowest BCUT2D eigenvalue weighted by molar-refractivity contribution is -0.176. The lowest BCUT2D eigenvalue weighted by atomic mass is 9.86. The van der Waals surface area contributed by atoms with E-state index in [1.54, 1.807) is 12.1 Å². The highest BCUT2D eigenvalue weighted by Crippen LogP contribution is 2.36. The van der Waals surface area contributed by atoms with E-state index in [2.05, 4.69) is 4.98 Å². The van der Waals surface area contributed by atoms with Crippen LogP contribution in [0.15, 0.2) is 12.1 Å². The predicted octanol–water partition coefficient (Wildman–Crippen LogP) is 3.29. The molecule has 1 fully saturated rings. The van der Waals surface area contributed by atoms with E-state index in [-0.39, 0.29) is 11.9 Å². The first-order chi connectivity index (χ1) is 10.1. The Bertz CT molecular complexity index is 683. The van der Waals surface area contributed by atoms with E-state index in [0.29, 0.717) is 21.3 Å². The van der Waals surface area contributed by atoms with E-state index in [9.17, 15) is 9.90 Å². The molecule has 112 valence electrons. The number of halogens is 1. The highest BCUT2D eigenvalue weighted by atomic mass is 35.5. The first kappa shape index (κ1) is 14.6. The molecule has 1 aromatic heterocycles. The molecule has 1 aliphatic rings. The molecule has 0 spiro atoms. The van der Waals surface area contributed by atoms with Crippen LogP contribution in [0.2, 0.25) is 4.47 Å². The molecule has 1 saturated carbocycles. The standard InChI is InChI=1S/C14H14ClNO4S/c1-19-8-5-9(11-10(6-8)21-14(15)16-11)13(18)20-12(17)7-3-2-4-7/h5-7,13,18H,2-4H2,1H3. The highest BCUT2D eigenvalue weighted by molar-refractivity contribution is 7.22. The zero-order valence-electron chi connectivity index (χ0n) is 11.3. The van der Waals surface area contributed by atoms with Crippen molar-refractivity contribution >= 4 is 39.1 Å². The molecule has 1 aromatic carbocycles. The highest BCUT2D eigenvalue weighted by Gasteiger charge is 2.29. The Labute approximate surface area is 130 Å². The SMILES string of the molecule is COc1cc(C(O)OC(=O)C2CCC2)c2nc(Cl)sc2c1. The zero-order chi connectivity index (χ0) is 15.0. The molecule has 0 radical (unpaired) electrons. The molecule has 7 heteroatoms. The van der Waals surface area contributed by atoms with Crippen LogP contribution in [0.4, 0.5) is 0 Å². The van der Waals surface area contributed by atoms with Crippen molar-refractivity contribution in [3.05, 3.63) is 22.2 Å². The number of fused-ring (bicyclic) bond motifs is 1. The van der Waals surface area contributed by atoms with Crippen molar-refractivity contribution < 1.29 is 19.4 Å². The predicted molar refractivity (Wildman–Crippen MR) is 79.6 cm³/mol. The number of ether oxygens (including phenoxy) is 2. The van der Waals surface area contributed by atoms with Crippen LogP contribution < -0.4 is 4.74 Å². The van der Waals surface area contributed by atoms with Crippen LogP contribution in [0.25, 0.3) is 10.2 Å². The lowest BCUT2D eigenvalue weighted by Gasteiger charge is -2.24. The second-order valence-corrected chi connectivity index (χ2v) is 6.56. The fraction of sp³-hybridized carbons (Fsp3) is 0.429. The summed E-state index contributed by atoms with van der Waals surface area (Å²) >= 11 is 7.20. The molecular formula is C14H14ClNO4S. The van der Waals surface area contributed by atoms with Gasteiger partial charge >= 0.3 is 5.97 Å². The van der Waals surface area contributed by atoms with Gasteiger partial charge in [0.15, 0.2) is 4.47 Å². The van der Waals surface area contributed by atoms with Crippen molar-refractivity contribution in [2.75, 3.05) is 7.11 Å². The summed E-state index contributed by atoms with van der Waals surface area (Å²) in [6, 6.07) is 3.39. The van der Waals surface area contributed by atoms with Gasteiger partial charge in [-0.3, -0.25) is 4.79 Å². The average molecular weight is 328 g/mol. The third kappa shape index (κ3) is 2.84. The van der Waals surface area contributed by atoms with Crippen LogP contribution in [-0.2, 0) is 9.53 Å². The van der Waals surface area contributed by atoms with Crippen molar-refractivity contribution in [3.8, 4) is 5.75 Å². The minimum Gasteiger partial charge on any atom is -0.497 e. The van der Waals surface area contributed by atoms with E-state index < -0.39 is 6.29 Å². The van der Waals surface area contributed by atoms with E-state index in [1.165, 1.54) is 18.4 Å². The van der Waals surface area contributed by atoms with Gasteiger partial charge in [0.05, 0.1) is 28.8 Å². The van der Waals surface area contributed by atoms with Gasteiger partial charge in [-0.1, -0.05) is 18.0 Å². The van der Waals surface area contributed by atoms with Crippen LogP contribution >= 0.6 is 22.9 Å². The topological polar surface area (TPSA) is 68.7 Å². The number of thiazole rings is 1. The van der Waals surface area contributed by atoms with Crippen LogP contribution in [0.3, 0.4) is 0 Å². The number of carbonyl (C=O) groups excluding carboxylic acids is 1. The number of hydrogen-bond donors (Lipinski definition) is 1. The number of aliphatic hydroxyl groups excluding tert-OH is 1. The fourth-order valence-electron chi connectivity index (χ4n) is 2.22. The number of nitrogens with zero attached hydrogens (tertiary/aromatic N) is 1. The summed E-state index contributed by atoms with van der Waals surface area (Å²) in [5.74, 6) is 0.0855. The largest absolute Gasteiger partial charge is 0.497 e. The maximum absolute atomic E-state index is 11.8. The number of benzene rings is 1. The summed E-state index contributed by atoms with van der Waals surface area (Å²) in [7, 11) is 1.53. The Hall–Kier alpha value is -1.37. The Kier molecular flexibility index (Phi) is 4.01. The molecule has 0 amide bonds. The second-order valence-electron chi connectivity index (χ2n) is 4.95. The Morgan fingerprint density at radius 1 is 1.52 bits per heavy atom. The molecule has 21 heavy (non-hydrogen) atoms. The van der Waals surface area contributed by atoms with E-state index in [4.69, 9.17) is 21.1 Å². The molecule has 1 N–H and O–H groups in total. The van der Waals surface area contributed by atoms with Crippen molar-refractivity contribution in [1.29, 1.82) is 0 Å². The number of aromatic nitrogens is 1. The van der Waals surface area contributed by atoms with Crippen molar-refractivity contribution in [2.45, 2.75) is 25.6 Å². The maximum Gasteiger partial charge on any atom is 0.311 e. The summed E-state index contributed by atoms with van der Waals surface area (Å²) < 4.78 is 11.5. The van der Waals surface area contributed by atoms with Gasteiger partial charge in [-0.05, 0) is 25.0 Å². The summed E-state index contributed by atoms with van der Waals surface area (Å²) in [6.07, 6.45) is 1.30. The van der Waals surface area contributed by atoms with Crippen molar-refractivity contribution in [3.63, 3.8) is 0 Å². The Morgan fingerprint density at radius 2 is 2.29 bits per heavy atom. The molecule has 1 heterocycles. The molecular weight excluding hydrogens is 314 g/mol. The van der Waals surface area contributed by atoms with Gasteiger partial charge in [-0.2, -0.15) is 0 Å². The number of aliphatic hydroxyl groups is 1. The maximum atomic E-state index is 11.8. The normalized spacial score (nSPS) is 16.5. The van der Waals surface area contributed by atoms with Gasteiger partial charge in [-0.15, -0.1) is 11.3 Å². The van der Waals surface area contributed by atoms with Gasteiger partial charge in [-0.25, -0.2) is 4.98 Å². The molecule has 0 aliphatic heterocycles. The summed E-state index contributed by atoms with van der Waals surface area (Å²) in [5, 5.41) is 10.2. The first-order valence-corrected chi connectivity index (χ1v) is 7.80. The van der Waals surface area contributed by atoms with Crippen molar-refractivity contribution in [1.82, 2.24) is 4.98 Å². The fourth-order valence-corrected chi connectivity index (χ4v) is 3.31. The number of methoxy groups -OCH3 is 1. The molecule has 0 bridgehead atoms. The van der Waals surface area contributed by atoms with Crippen LogP contribution in [0.5, 0.6) is 5.75 Å². The molecule has 1 aliphatic carbocycles. The number of esters is 1. The van der Waals surface area contributed by atoms with Gasteiger partial charge in [0, 0.05) is 0 Å². The van der Waals surface area contributed by atoms with Crippen LogP contribution in [0.1, 0.15) is 31.1 Å². The quantitative estimate of drug-likeness (QED) is 0.689. The third-order valence-electron chi connectivity index (χ3n) is 3.64. The number of hydrogen-bond acceptors (Lipinski definition) is 6. The number of carbonyl (C=O) groups is 1. The summed E-state index contributed by atoms with van der Waals surface area (Å²) in [5.41, 5.74) is 0.917. The van der Waals surface area contributed by atoms with E-state index in [0.717, 1.165) is 24.0 Å². The average Bonchev–Trinajstić information content (AvgIpc) is 2.74. The molecule has 1 unspecified atom stereocenters. The van der Waals surface area contributed by atoms with Gasteiger partial charge in [0.1, 0.15) is 5.75 Å².